The zero-order chi connectivity index (χ0) is 17.6. The molecule has 2 saturated heterocycles. The lowest BCUT2D eigenvalue weighted by atomic mass is 9.95. The standard InChI is InChI=1S/C17H18N2O5S/c20-9-15-8-19(25(22,23)18-15)16-6-14-5-11(13-3-4-24-10-13)1-2-12(14)7-17(16)21/h1-2,5-7,9,13,15,18,21H,3-4,8,10H2. The maximum Gasteiger partial charge on any atom is 0.302 e. The fourth-order valence-electron chi connectivity index (χ4n) is 3.41. The number of anilines is 1. The molecule has 2 unspecified atom stereocenters. The smallest absolute Gasteiger partial charge is 0.302 e. The highest BCUT2D eigenvalue weighted by Crippen LogP contribution is 2.36. The van der Waals surface area contributed by atoms with Gasteiger partial charge in [0.25, 0.3) is 0 Å². The summed E-state index contributed by atoms with van der Waals surface area (Å²) in [6.45, 7) is 1.39. The van der Waals surface area contributed by atoms with Gasteiger partial charge in [-0.1, -0.05) is 18.2 Å². The average Bonchev–Trinajstić information content (AvgIpc) is 3.21. The van der Waals surface area contributed by atoms with E-state index in [0.29, 0.717) is 18.8 Å². The monoisotopic (exact) mass is 362 g/mol. The van der Waals surface area contributed by atoms with Gasteiger partial charge in [0.15, 0.2) is 0 Å². The Bertz CT molecular complexity index is 937. The van der Waals surface area contributed by atoms with Crippen molar-refractivity contribution >= 4 is 33.0 Å². The van der Waals surface area contributed by atoms with Crippen molar-refractivity contribution in [2.24, 2.45) is 0 Å². The van der Waals surface area contributed by atoms with Gasteiger partial charge in [0.05, 0.1) is 24.9 Å². The number of fused-ring (bicyclic) bond motifs is 1. The molecule has 0 aliphatic carbocycles. The van der Waals surface area contributed by atoms with Crippen LogP contribution in [0.5, 0.6) is 5.75 Å². The molecule has 0 saturated carbocycles. The van der Waals surface area contributed by atoms with Gasteiger partial charge in [-0.05, 0) is 34.9 Å². The van der Waals surface area contributed by atoms with E-state index in [1.165, 1.54) is 0 Å². The highest BCUT2D eigenvalue weighted by Gasteiger charge is 2.36. The Morgan fingerprint density at radius 1 is 1.24 bits per heavy atom. The second-order valence-electron chi connectivity index (χ2n) is 6.40. The molecule has 7 nitrogen and oxygen atoms in total. The minimum Gasteiger partial charge on any atom is -0.506 e. The largest absolute Gasteiger partial charge is 0.506 e. The van der Waals surface area contributed by atoms with Crippen molar-refractivity contribution in [3.8, 4) is 5.75 Å². The Hall–Kier alpha value is -2.16. The molecular formula is C17H18N2O5S. The van der Waals surface area contributed by atoms with E-state index in [-0.39, 0.29) is 18.0 Å². The summed E-state index contributed by atoms with van der Waals surface area (Å²) in [5, 5.41) is 12.0. The Labute approximate surface area is 145 Å². The third-order valence-electron chi connectivity index (χ3n) is 4.74. The molecule has 2 aromatic carbocycles. The van der Waals surface area contributed by atoms with Crippen molar-refractivity contribution < 1.29 is 23.1 Å². The van der Waals surface area contributed by atoms with Crippen molar-refractivity contribution in [3.05, 3.63) is 35.9 Å². The molecule has 0 amide bonds. The van der Waals surface area contributed by atoms with Crippen LogP contribution in [0.3, 0.4) is 0 Å². The van der Waals surface area contributed by atoms with Crippen LogP contribution in [0.2, 0.25) is 0 Å². The van der Waals surface area contributed by atoms with Crippen molar-refractivity contribution in [2.45, 2.75) is 18.4 Å². The SMILES string of the molecule is O=CC1CN(c2cc3cc(C4CCOC4)ccc3cc2O)S(=O)(=O)N1. The molecule has 132 valence electrons. The number of carbonyl (C=O) groups is 1. The summed E-state index contributed by atoms with van der Waals surface area (Å²) in [7, 11) is -3.85. The number of hydrogen-bond donors (Lipinski definition) is 2. The number of benzene rings is 2. The zero-order valence-corrected chi connectivity index (χ0v) is 14.2. The lowest BCUT2D eigenvalue weighted by Gasteiger charge is -2.18. The molecule has 2 atom stereocenters. The normalized spacial score (nSPS) is 25.5. The van der Waals surface area contributed by atoms with Crippen LogP contribution in [-0.2, 0) is 19.7 Å². The summed E-state index contributed by atoms with van der Waals surface area (Å²) in [5.74, 6) is 0.194. The van der Waals surface area contributed by atoms with Gasteiger partial charge < -0.3 is 14.6 Å². The molecule has 0 spiro atoms. The Morgan fingerprint density at radius 2 is 2.08 bits per heavy atom. The van der Waals surface area contributed by atoms with Crippen LogP contribution in [0.25, 0.3) is 10.8 Å². The van der Waals surface area contributed by atoms with E-state index in [4.69, 9.17) is 4.74 Å². The molecule has 0 bridgehead atoms. The lowest BCUT2D eigenvalue weighted by molar-refractivity contribution is -0.108. The fourth-order valence-corrected chi connectivity index (χ4v) is 4.81. The molecule has 2 fully saturated rings. The van der Waals surface area contributed by atoms with Gasteiger partial charge in [-0.15, -0.1) is 0 Å². The summed E-state index contributed by atoms with van der Waals surface area (Å²) in [4.78, 5) is 10.9. The van der Waals surface area contributed by atoms with E-state index in [1.54, 1.807) is 12.1 Å². The van der Waals surface area contributed by atoms with E-state index < -0.39 is 16.3 Å². The quantitative estimate of drug-likeness (QED) is 0.802. The van der Waals surface area contributed by atoms with Crippen LogP contribution < -0.4 is 9.03 Å². The summed E-state index contributed by atoms with van der Waals surface area (Å²) in [6.07, 6.45) is 1.51. The molecule has 0 radical (unpaired) electrons. The van der Waals surface area contributed by atoms with Crippen LogP contribution in [0.4, 0.5) is 5.69 Å². The molecule has 2 aromatic rings. The van der Waals surface area contributed by atoms with Gasteiger partial charge in [-0.25, -0.2) is 0 Å². The Morgan fingerprint density at radius 3 is 2.76 bits per heavy atom. The second kappa shape index (κ2) is 5.98. The first-order chi connectivity index (χ1) is 12.0. The Kier molecular flexibility index (Phi) is 3.90. The first-order valence-corrected chi connectivity index (χ1v) is 9.51. The van der Waals surface area contributed by atoms with Crippen LogP contribution >= 0.6 is 0 Å². The van der Waals surface area contributed by atoms with E-state index >= 15 is 0 Å². The van der Waals surface area contributed by atoms with Gasteiger partial charge in [0.1, 0.15) is 12.0 Å². The van der Waals surface area contributed by atoms with E-state index in [9.17, 15) is 18.3 Å². The highest BCUT2D eigenvalue weighted by molar-refractivity contribution is 7.91. The number of aldehydes is 1. The molecular weight excluding hydrogens is 344 g/mol. The molecule has 25 heavy (non-hydrogen) atoms. The third kappa shape index (κ3) is 2.86. The van der Waals surface area contributed by atoms with E-state index in [2.05, 4.69) is 4.72 Å². The molecule has 0 aromatic heterocycles. The summed E-state index contributed by atoms with van der Waals surface area (Å²) in [6, 6.07) is 8.31. The zero-order valence-electron chi connectivity index (χ0n) is 13.4. The summed E-state index contributed by atoms with van der Waals surface area (Å²) >= 11 is 0. The lowest BCUT2D eigenvalue weighted by Crippen LogP contribution is -2.30. The van der Waals surface area contributed by atoms with Crippen LogP contribution in [0.15, 0.2) is 30.3 Å². The number of ether oxygens (including phenoxy) is 1. The summed E-state index contributed by atoms with van der Waals surface area (Å²) < 4.78 is 33.2. The third-order valence-corrected chi connectivity index (χ3v) is 6.27. The number of rotatable bonds is 3. The average molecular weight is 362 g/mol. The number of aromatic hydroxyl groups is 1. The van der Waals surface area contributed by atoms with Crippen molar-refractivity contribution in [1.29, 1.82) is 0 Å². The molecule has 4 rings (SSSR count). The van der Waals surface area contributed by atoms with Crippen LogP contribution in [0.1, 0.15) is 17.9 Å². The summed E-state index contributed by atoms with van der Waals surface area (Å²) in [5.41, 5.74) is 1.30. The molecule has 8 heteroatoms. The first-order valence-electron chi connectivity index (χ1n) is 8.07. The van der Waals surface area contributed by atoms with Crippen LogP contribution in [-0.4, -0.2) is 45.6 Å². The number of phenolic OH excluding ortho intramolecular Hbond substituents is 1. The fraction of sp³-hybridized carbons (Fsp3) is 0.353. The van der Waals surface area contributed by atoms with Gasteiger partial charge in [0.2, 0.25) is 0 Å². The van der Waals surface area contributed by atoms with Crippen molar-refractivity contribution in [2.75, 3.05) is 24.1 Å². The van der Waals surface area contributed by atoms with E-state index in [1.807, 2.05) is 18.2 Å². The minimum atomic E-state index is -3.85. The molecule has 2 aliphatic heterocycles. The van der Waals surface area contributed by atoms with Gasteiger partial charge in [-0.2, -0.15) is 13.1 Å². The molecule has 2 N–H and O–H groups in total. The number of carbonyl (C=O) groups excluding carboxylic acids is 1. The van der Waals surface area contributed by atoms with Crippen molar-refractivity contribution in [3.63, 3.8) is 0 Å². The highest BCUT2D eigenvalue weighted by atomic mass is 32.2. The first kappa shape index (κ1) is 16.3. The van der Waals surface area contributed by atoms with Gasteiger partial charge in [-0.3, -0.25) is 4.31 Å². The maximum atomic E-state index is 12.2. The minimum absolute atomic E-state index is 0.0406. The van der Waals surface area contributed by atoms with Crippen LogP contribution in [0, 0.1) is 0 Å². The number of phenols is 1. The number of nitrogens with one attached hydrogen (secondary N) is 1. The van der Waals surface area contributed by atoms with Gasteiger partial charge in [0, 0.05) is 12.5 Å². The number of nitrogens with zero attached hydrogens (tertiary/aromatic N) is 1. The van der Waals surface area contributed by atoms with Gasteiger partial charge >= 0.3 is 10.2 Å². The maximum absolute atomic E-state index is 12.2. The van der Waals surface area contributed by atoms with E-state index in [0.717, 1.165) is 33.7 Å². The predicted molar refractivity (Wildman–Crippen MR) is 93.0 cm³/mol. The van der Waals surface area contributed by atoms with Crippen molar-refractivity contribution in [1.82, 2.24) is 4.72 Å². The predicted octanol–water partition coefficient (Wildman–Crippen LogP) is 1.27. The topological polar surface area (TPSA) is 95.9 Å². The molecule has 2 heterocycles. The Balaban J connectivity index is 1.78. The second-order valence-corrected chi connectivity index (χ2v) is 8.03. The number of hydrogen-bond acceptors (Lipinski definition) is 5. The molecule has 2 aliphatic rings.